The van der Waals surface area contributed by atoms with Crippen LogP contribution in [0.15, 0.2) is 42.5 Å². The zero-order valence-electron chi connectivity index (χ0n) is 13.1. The topological polar surface area (TPSA) is 73.9 Å². The third-order valence-electron chi connectivity index (χ3n) is 3.17. The molecule has 2 aromatic carbocycles. The van der Waals surface area contributed by atoms with Gasteiger partial charge in [0.1, 0.15) is 5.75 Å². The lowest BCUT2D eigenvalue weighted by atomic mass is 10.1. The number of amides is 1. The molecule has 23 heavy (non-hydrogen) atoms. The minimum Gasteiger partial charge on any atom is -0.493 e. The summed E-state index contributed by atoms with van der Waals surface area (Å²) < 4.78 is 15.7. The molecule has 6 nitrogen and oxygen atoms in total. The summed E-state index contributed by atoms with van der Waals surface area (Å²) in [5, 5.41) is 2.50. The van der Waals surface area contributed by atoms with Crippen molar-refractivity contribution in [3.8, 4) is 17.2 Å². The van der Waals surface area contributed by atoms with Crippen molar-refractivity contribution in [3.05, 3.63) is 53.6 Å². The molecular weight excluding hydrogens is 298 g/mol. The second-order valence-corrected chi connectivity index (χ2v) is 4.54. The lowest BCUT2D eigenvalue weighted by Gasteiger charge is -2.14. The van der Waals surface area contributed by atoms with E-state index in [1.807, 2.05) is 0 Å². The molecule has 0 spiro atoms. The first-order chi connectivity index (χ1) is 11.1. The van der Waals surface area contributed by atoms with Gasteiger partial charge < -0.3 is 19.5 Å². The highest BCUT2D eigenvalue weighted by Crippen LogP contribution is 2.35. The van der Waals surface area contributed by atoms with Crippen molar-refractivity contribution < 1.29 is 23.8 Å². The van der Waals surface area contributed by atoms with Crippen LogP contribution in [0.2, 0.25) is 0 Å². The zero-order valence-corrected chi connectivity index (χ0v) is 13.1. The summed E-state index contributed by atoms with van der Waals surface area (Å²) in [4.78, 5) is 24.2. The molecule has 0 atom stereocenters. The quantitative estimate of drug-likeness (QED) is 0.677. The number of carbonyl (C=O) groups excluding carboxylic acids is 2. The zero-order chi connectivity index (χ0) is 16.8. The number of hydrogen-bond acceptors (Lipinski definition) is 5. The number of hydrogen-bond donors (Lipinski definition) is 1. The SMILES string of the molecule is CNC(=O)c1cc(OC)c(OC)cc1OC(=O)c1ccccc1. The predicted molar refractivity (Wildman–Crippen MR) is 84.3 cm³/mol. The summed E-state index contributed by atoms with van der Waals surface area (Å²) in [6, 6.07) is 11.4. The number of nitrogens with one attached hydrogen (secondary N) is 1. The summed E-state index contributed by atoms with van der Waals surface area (Å²) in [5.74, 6) is -0.151. The van der Waals surface area contributed by atoms with E-state index in [0.29, 0.717) is 17.1 Å². The second kappa shape index (κ2) is 7.31. The van der Waals surface area contributed by atoms with E-state index in [9.17, 15) is 9.59 Å². The van der Waals surface area contributed by atoms with Gasteiger partial charge in [-0.3, -0.25) is 4.79 Å². The standard InChI is InChI=1S/C17H17NO5/c1-18-16(19)12-9-14(21-2)15(22-3)10-13(12)23-17(20)11-7-5-4-6-8-11/h4-10H,1-3H3,(H,18,19). The molecule has 6 heteroatoms. The van der Waals surface area contributed by atoms with Gasteiger partial charge in [-0.1, -0.05) is 18.2 Å². The van der Waals surface area contributed by atoms with Crippen LogP contribution in [0.4, 0.5) is 0 Å². The van der Waals surface area contributed by atoms with Crippen LogP contribution in [0.3, 0.4) is 0 Å². The maximum atomic E-state index is 12.2. The van der Waals surface area contributed by atoms with Crippen LogP contribution >= 0.6 is 0 Å². The molecule has 2 rings (SSSR count). The van der Waals surface area contributed by atoms with Gasteiger partial charge in [-0.15, -0.1) is 0 Å². The molecule has 0 saturated heterocycles. The van der Waals surface area contributed by atoms with Crippen molar-refractivity contribution in [1.82, 2.24) is 5.32 Å². The smallest absolute Gasteiger partial charge is 0.343 e. The van der Waals surface area contributed by atoms with E-state index in [0.717, 1.165) is 0 Å². The van der Waals surface area contributed by atoms with Crippen LogP contribution in [-0.2, 0) is 0 Å². The third kappa shape index (κ3) is 3.60. The summed E-state index contributed by atoms with van der Waals surface area (Å²) in [5.41, 5.74) is 0.555. The maximum Gasteiger partial charge on any atom is 0.343 e. The molecule has 0 fully saturated rings. The molecule has 0 radical (unpaired) electrons. The molecule has 0 aliphatic heterocycles. The van der Waals surface area contributed by atoms with Crippen molar-refractivity contribution in [3.63, 3.8) is 0 Å². The Balaban J connectivity index is 2.43. The molecule has 2 aromatic rings. The minimum atomic E-state index is -0.567. The van der Waals surface area contributed by atoms with Gasteiger partial charge in [-0.05, 0) is 12.1 Å². The predicted octanol–water partition coefficient (Wildman–Crippen LogP) is 2.28. The van der Waals surface area contributed by atoms with Gasteiger partial charge in [0.2, 0.25) is 0 Å². The Hall–Kier alpha value is -3.02. The van der Waals surface area contributed by atoms with Crippen molar-refractivity contribution in [2.45, 2.75) is 0 Å². The maximum absolute atomic E-state index is 12.2. The molecular formula is C17H17NO5. The fourth-order valence-corrected chi connectivity index (χ4v) is 1.99. The van der Waals surface area contributed by atoms with Crippen molar-refractivity contribution in [2.75, 3.05) is 21.3 Å². The van der Waals surface area contributed by atoms with E-state index < -0.39 is 11.9 Å². The largest absolute Gasteiger partial charge is 0.493 e. The Bertz CT molecular complexity index is 712. The molecule has 0 aliphatic rings. The van der Waals surface area contributed by atoms with Crippen molar-refractivity contribution >= 4 is 11.9 Å². The fraction of sp³-hybridized carbons (Fsp3) is 0.176. The molecule has 0 aromatic heterocycles. The van der Waals surface area contributed by atoms with E-state index >= 15 is 0 Å². The average molecular weight is 315 g/mol. The lowest BCUT2D eigenvalue weighted by molar-refractivity contribution is 0.0731. The molecule has 0 unspecified atom stereocenters. The number of methoxy groups -OCH3 is 2. The van der Waals surface area contributed by atoms with Gasteiger partial charge in [0, 0.05) is 19.2 Å². The molecule has 1 amide bonds. The number of carbonyl (C=O) groups is 2. The lowest BCUT2D eigenvalue weighted by Crippen LogP contribution is -2.20. The first-order valence-electron chi connectivity index (χ1n) is 6.86. The molecule has 0 saturated carbocycles. The van der Waals surface area contributed by atoms with Crippen LogP contribution < -0.4 is 19.5 Å². The summed E-state index contributed by atoms with van der Waals surface area (Å²) in [6.07, 6.45) is 0. The number of benzene rings is 2. The van der Waals surface area contributed by atoms with E-state index in [1.54, 1.807) is 30.3 Å². The first-order valence-corrected chi connectivity index (χ1v) is 6.86. The fourth-order valence-electron chi connectivity index (χ4n) is 1.99. The highest BCUT2D eigenvalue weighted by Gasteiger charge is 2.20. The van der Waals surface area contributed by atoms with Crippen molar-refractivity contribution in [1.29, 1.82) is 0 Å². The van der Waals surface area contributed by atoms with Crippen LogP contribution in [0.5, 0.6) is 17.2 Å². The van der Waals surface area contributed by atoms with Gasteiger partial charge in [0.15, 0.2) is 11.5 Å². The molecule has 120 valence electrons. The first kappa shape index (κ1) is 16.4. The van der Waals surface area contributed by atoms with Gasteiger partial charge >= 0.3 is 5.97 Å². The highest BCUT2D eigenvalue weighted by molar-refractivity contribution is 5.99. The third-order valence-corrected chi connectivity index (χ3v) is 3.17. The number of rotatable bonds is 5. The van der Waals surface area contributed by atoms with Gasteiger partial charge in [-0.2, -0.15) is 0 Å². The van der Waals surface area contributed by atoms with Crippen LogP contribution in [0.25, 0.3) is 0 Å². The Morgan fingerprint density at radius 3 is 2.09 bits per heavy atom. The average Bonchev–Trinajstić information content (AvgIpc) is 2.61. The Labute approximate surface area is 134 Å². The molecule has 1 N–H and O–H groups in total. The highest BCUT2D eigenvalue weighted by atomic mass is 16.5. The van der Waals surface area contributed by atoms with E-state index in [1.165, 1.54) is 33.4 Å². The van der Waals surface area contributed by atoms with E-state index in [-0.39, 0.29) is 11.3 Å². The Morgan fingerprint density at radius 2 is 1.52 bits per heavy atom. The van der Waals surface area contributed by atoms with Gasteiger partial charge in [0.25, 0.3) is 5.91 Å². The number of ether oxygens (including phenoxy) is 3. The monoisotopic (exact) mass is 315 g/mol. The van der Waals surface area contributed by atoms with Gasteiger partial charge in [-0.25, -0.2) is 4.79 Å². The normalized spacial score (nSPS) is 9.87. The van der Waals surface area contributed by atoms with Gasteiger partial charge in [0.05, 0.1) is 25.3 Å². The molecule has 0 heterocycles. The summed E-state index contributed by atoms with van der Waals surface area (Å²) in [7, 11) is 4.41. The number of esters is 1. The van der Waals surface area contributed by atoms with Crippen molar-refractivity contribution in [2.24, 2.45) is 0 Å². The Morgan fingerprint density at radius 1 is 0.913 bits per heavy atom. The summed E-state index contributed by atoms with van der Waals surface area (Å²) in [6.45, 7) is 0. The minimum absolute atomic E-state index is 0.0934. The summed E-state index contributed by atoms with van der Waals surface area (Å²) >= 11 is 0. The van der Waals surface area contributed by atoms with E-state index in [2.05, 4.69) is 5.32 Å². The molecule has 0 aliphatic carbocycles. The van der Waals surface area contributed by atoms with E-state index in [4.69, 9.17) is 14.2 Å². The Kier molecular flexibility index (Phi) is 5.19. The van der Waals surface area contributed by atoms with Crippen LogP contribution in [-0.4, -0.2) is 33.1 Å². The van der Waals surface area contributed by atoms with Crippen LogP contribution in [0.1, 0.15) is 20.7 Å². The second-order valence-electron chi connectivity index (χ2n) is 4.54. The molecule has 0 bridgehead atoms. The van der Waals surface area contributed by atoms with Crippen LogP contribution in [0, 0.1) is 0 Å².